The lowest BCUT2D eigenvalue weighted by atomic mass is 9.43. The van der Waals surface area contributed by atoms with E-state index in [2.05, 4.69) is 47.0 Å². The quantitative estimate of drug-likeness (QED) is 0.841. The predicted octanol–water partition coefficient (Wildman–Crippen LogP) is 3.67. The highest BCUT2D eigenvalue weighted by Gasteiger charge is 2.80. The standard InChI is InChI=1S/C13H17BrN2OS/c1-11(2)12(3)4-5-13(11,8(12)14)9(17)16-10-15-6-7-18-10/h6-8H,4-5H2,1-3H3,(H,15,16,17). The minimum Gasteiger partial charge on any atom is -0.301 e. The Kier molecular flexibility index (Phi) is 2.50. The third-order valence-corrected chi connectivity index (χ3v) is 8.11. The molecular formula is C13H17BrN2OS. The molecule has 98 valence electrons. The first-order valence-corrected chi connectivity index (χ1v) is 8.01. The van der Waals surface area contributed by atoms with Crippen molar-refractivity contribution in [3.05, 3.63) is 11.6 Å². The van der Waals surface area contributed by atoms with Crippen LogP contribution in [0.3, 0.4) is 0 Å². The number of halogens is 1. The van der Waals surface area contributed by atoms with Crippen molar-refractivity contribution in [1.82, 2.24) is 4.98 Å². The Bertz CT molecular complexity index is 501. The Balaban J connectivity index is 1.90. The number of fused-ring (bicyclic) bond motifs is 1. The minimum atomic E-state index is -0.284. The summed E-state index contributed by atoms with van der Waals surface area (Å²) in [6.07, 6.45) is 3.79. The second-order valence-corrected chi connectivity index (χ2v) is 7.98. The molecule has 3 saturated carbocycles. The second-order valence-electron chi connectivity index (χ2n) is 6.17. The van der Waals surface area contributed by atoms with Gasteiger partial charge in [-0.3, -0.25) is 4.79 Å². The first-order chi connectivity index (χ1) is 8.36. The molecule has 1 aromatic heterocycles. The predicted molar refractivity (Wildman–Crippen MR) is 77.0 cm³/mol. The number of hydrogen-bond acceptors (Lipinski definition) is 3. The van der Waals surface area contributed by atoms with Crippen molar-refractivity contribution in [2.24, 2.45) is 16.2 Å². The summed E-state index contributed by atoms with van der Waals surface area (Å²) in [5.74, 6) is 0.124. The van der Waals surface area contributed by atoms with E-state index in [4.69, 9.17) is 0 Å². The topological polar surface area (TPSA) is 42.0 Å². The van der Waals surface area contributed by atoms with Crippen molar-refractivity contribution in [2.75, 3.05) is 5.32 Å². The van der Waals surface area contributed by atoms with E-state index in [0.29, 0.717) is 5.13 Å². The van der Waals surface area contributed by atoms with Gasteiger partial charge in [0.15, 0.2) is 5.13 Å². The average molecular weight is 329 g/mol. The zero-order chi connectivity index (χ0) is 13.2. The molecule has 2 bridgehead atoms. The van der Waals surface area contributed by atoms with Gasteiger partial charge in [0.2, 0.25) is 5.91 Å². The number of rotatable bonds is 2. The molecule has 3 fully saturated rings. The van der Waals surface area contributed by atoms with Crippen molar-refractivity contribution >= 4 is 38.3 Å². The van der Waals surface area contributed by atoms with Crippen LogP contribution in [0.2, 0.25) is 0 Å². The Morgan fingerprint density at radius 1 is 1.50 bits per heavy atom. The smallest absolute Gasteiger partial charge is 0.234 e. The van der Waals surface area contributed by atoms with E-state index in [0.717, 1.165) is 12.8 Å². The molecular weight excluding hydrogens is 312 g/mol. The molecule has 0 aromatic carbocycles. The van der Waals surface area contributed by atoms with Crippen LogP contribution in [0.15, 0.2) is 11.6 Å². The largest absolute Gasteiger partial charge is 0.301 e. The second kappa shape index (κ2) is 3.57. The summed E-state index contributed by atoms with van der Waals surface area (Å²) in [4.78, 5) is 17.1. The van der Waals surface area contributed by atoms with Gasteiger partial charge in [-0.15, -0.1) is 11.3 Å². The molecule has 0 aliphatic heterocycles. The molecule has 3 aliphatic rings. The molecule has 5 heteroatoms. The molecule has 1 N–H and O–H groups in total. The number of alkyl halides is 1. The summed E-state index contributed by atoms with van der Waals surface area (Å²) in [5.41, 5.74) is -0.0177. The molecule has 1 heterocycles. The van der Waals surface area contributed by atoms with Gasteiger partial charge in [0.05, 0.1) is 5.41 Å². The summed E-state index contributed by atoms with van der Waals surface area (Å²) in [6, 6.07) is 0. The number of carbonyl (C=O) groups excluding carboxylic acids is 1. The Morgan fingerprint density at radius 2 is 2.22 bits per heavy atom. The molecule has 0 saturated heterocycles. The lowest BCUT2D eigenvalue weighted by molar-refractivity contribution is -0.155. The number of nitrogens with one attached hydrogen (secondary N) is 1. The number of carbonyl (C=O) groups is 1. The molecule has 4 rings (SSSR count). The highest BCUT2D eigenvalue weighted by Crippen LogP contribution is 2.79. The summed E-state index contributed by atoms with van der Waals surface area (Å²) >= 11 is 5.24. The van der Waals surface area contributed by atoms with Crippen LogP contribution in [0.4, 0.5) is 5.13 Å². The van der Waals surface area contributed by atoms with Gasteiger partial charge in [-0.1, -0.05) is 36.7 Å². The Hall–Kier alpha value is -0.420. The van der Waals surface area contributed by atoms with Gasteiger partial charge in [0.25, 0.3) is 0 Å². The molecule has 0 radical (unpaired) electrons. The van der Waals surface area contributed by atoms with Crippen LogP contribution < -0.4 is 5.32 Å². The Morgan fingerprint density at radius 3 is 2.67 bits per heavy atom. The zero-order valence-electron chi connectivity index (χ0n) is 10.8. The maximum atomic E-state index is 12.7. The number of nitrogens with zero attached hydrogens (tertiary/aromatic N) is 1. The number of thiazole rings is 1. The maximum absolute atomic E-state index is 12.7. The lowest BCUT2D eigenvalue weighted by Gasteiger charge is -2.64. The minimum absolute atomic E-state index is 0.0372. The Labute approximate surface area is 120 Å². The van der Waals surface area contributed by atoms with E-state index in [1.54, 1.807) is 6.20 Å². The van der Waals surface area contributed by atoms with Gasteiger partial charge in [-0.2, -0.15) is 0 Å². The lowest BCUT2D eigenvalue weighted by Crippen LogP contribution is -2.68. The summed E-state index contributed by atoms with van der Waals surface area (Å²) < 4.78 is 0. The number of amides is 1. The van der Waals surface area contributed by atoms with Crippen molar-refractivity contribution in [2.45, 2.75) is 38.4 Å². The van der Waals surface area contributed by atoms with Gasteiger partial charge in [-0.05, 0) is 23.7 Å². The van der Waals surface area contributed by atoms with E-state index >= 15 is 0 Å². The van der Waals surface area contributed by atoms with E-state index < -0.39 is 0 Å². The van der Waals surface area contributed by atoms with Gasteiger partial charge < -0.3 is 5.32 Å². The molecule has 3 unspecified atom stereocenters. The third-order valence-electron chi connectivity index (χ3n) is 5.63. The normalized spacial score (nSPS) is 40.3. The fourth-order valence-corrected chi connectivity index (χ4v) is 6.29. The number of hydrogen-bond donors (Lipinski definition) is 1. The molecule has 3 nitrogen and oxygen atoms in total. The van der Waals surface area contributed by atoms with Crippen molar-refractivity contribution in [1.29, 1.82) is 0 Å². The van der Waals surface area contributed by atoms with Crippen LogP contribution in [0, 0.1) is 16.2 Å². The SMILES string of the molecule is CC12CCC(C(=O)Nc3nccs3)(C1Br)C2(C)C. The van der Waals surface area contributed by atoms with Crippen LogP contribution >= 0.6 is 27.3 Å². The number of aromatic nitrogens is 1. The highest BCUT2D eigenvalue weighted by molar-refractivity contribution is 9.09. The van der Waals surface area contributed by atoms with Gasteiger partial charge in [0.1, 0.15) is 0 Å². The van der Waals surface area contributed by atoms with Crippen molar-refractivity contribution in [3.63, 3.8) is 0 Å². The molecule has 0 spiro atoms. The fourth-order valence-electron chi connectivity index (χ4n) is 3.95. The number of anilines is 1. The van der Waals surface area contributed by atoms with Gasteiger partial charge >= 0.3 is 0 Å². The maximum Gasteiger partial charge on any atom is 0.234 e. The molecule has 3 aliphatic carbocycles. The molecule has 3 atom stereocenters. The monoisotopic (exact) mass is 328 g/mol. The van der Waals surface area contributed by atoms with Crippen LogP contribution in [0.1, 0.15) is 33.6 Å². The summed E-state index contributed by atoms with van der Waals surface area (Å²) in [6.45, 7) is 6.73. The van der Waals surface area contributed by atoms with E-state index in [1.807, 2.05) is 5.38 Å². The van der Waals surface area contributed by atoms with E-state index in [1.165, 1.54) is 11.3 Å². The molecule has 1 aromatic rings. The third kappa shape index (κ3) is 1.15. The summed E-state index contributed by atoms with van der Waals surface area (Å²) in [5, 5.41) is 5.56. The average Bonchev–Trinajstić information content (AvgIpc) is 2.94. The van der Waals surface area contributed by atoms with E-state index in [-0.39, 0.29) is 27.0 Å². The van der Waals surface area contributed by atoms with Crippen molar-refractivity contribution < 1.29 is 4.79 Å². The van der Waals surface area contributed by atoms with E-state index in [9.17, 15) is 4.79 Å². The van der Waals surface area contributed by atoms with Gasteiger partial charge in [0, 0.05) is 16.4 Å². The fraction of sp³-hybridized carbons (Fsp3) is 0.692. The van der Waals surface area contributed by atoms with Gasteiger partial charge in [-0.25, -0.2) is 4.98 Å². The van der Waals surface area contributed by atoms with Crippen molar-refractivity contribution in [3.8, 4) is 0 Å². The van der Waals surface area contributed by atoms with Crippen LogP contribution in [-0.4, -0.2) is 15.7 Å². The first kappa shape index (κ1) is 12.6. The first-order valence-electron chi connectivity index (χ1n) is 6.21. The summed E-state index contributed by atoms with van der Waals surface area (Å²) in [7, 11) is 0. The highest BCUT2D eigenvalue weighted by atomic mass is 79.9. The molecule has 18 heavy (non-hydrogen) atoms. The van der Waals surface area contributed by atoms with Crippen LogP contribution in [-0.2, 0) is 4.79 Å². The zero-order valence-corrected chi connectivity index (χ0v) is 13.2. The van der Waals surface area contributed by atoms with Crippen LogP contribution in [0.25, 0.3) is 0 Å². The van der Waals surface area contributed by atoms with Crippen LogP contribution in [0.5, 0.6) is 0 Å². The molecule has 1 amide bonds.